The van der Waals surface area contributed by atoms with Gasteiger partial charge >= 0.3 is 5.69 Å². The number of aliphatic hydroxyl groups excluding tert-OH is 1. The van der Waals surface area contributed by atoms with Crippen LogP contribution in [0.25, 0.3) is 22.3 Å². The predicted molar refractivity (Wildman–Crippen MR) is 94.9 cm³/mol. The lowest BCUT2D eigenvalue weighted by atomic mass is 10.0. The van der Waals surface area contributed by atoms with Gasteiger partial charge in [0, 0.05) is 11.1 Å². The van der Waals surface area contributed by atoms with Crippen molar-refractivity contribution in [3.8, 4) is 17.0 Å². The molecule has 0 unspecified atom stereocenters. The first-order valence-electron chi connectivity index (χ1n) is 8.04. The van der Waals surface area contributed by atoms with E-state index in [1.807, 2.05) is 13.0 Å². The number of ether oxygens (including phenoxy) is 1. The summed E-state index contributed by atoms with van der Waals surface area (Å²) in [6.45, 7) is 4.22. The summed E-state index contributed by atoms with van der Waals surface area (Å²) in [7, 11) is 0. The normalized spacial score (nSPS) is 11.0. The van der Waals surface area contributed by atoms with Crippen LogP contribution in [0.15, 0.2) is 33.9 Å². The summed E-state index contributed by atoms with van der Waals surface area (Å²) in [6.07, 6.45) is 0.874. The molecule has 0 aliphatic rings. The molecule has 3 rings (SSSR count). The SMILES string of the molecule is CCCOc1ccc(-c2cc(C)c3[nH]c(=O)[nH]c(=O)c3n2)cc1CO. The summed E-state index contributed by atoms with van der Waals surface area (Å²) in [4.78, 5) is 32.6. The van der Waals surface area contributed by atoms with Crippen LogP contribution in [0.2, 0.25) is 0 Å². The van der Waals surface area contributed by atoms with E-state index < -0.39 is 11.2 Å². The van der Waals surface area contributed by atoms with Crippen LogP contribution >= 0.6 is 0 Å². The molecule has 2 heterocycles. The van der Waals surface area contributed by atoms with Gasteiger partial charge in [0.25, 0.3) is 5.56 Å². The number of rotatable bonds is 5. The Morgan fingerprint density at radius 3 is 2.72 bits per heavy atom. The molecule has 3 aromatic rings. The molecule has 0 radical (unpaired) electrons. The van der Waals surface area contributed by atoms with Gasteiger partial charge in [-0.2, -0.15) is 0 Å². The fourth-order valence-corrected chi connectivity index (χ4v) is 2.66. The Labute approximate surface area is 143 Å². The van der Waals surface area contributed by atoms with Crippen LogP contribution in [0.5, 0.6) is 5.75 Å². The molecule has 7 nitrogen and oxygen atoms in total. The van der Waals surface area contributed by atoms with Gasteiger partial charge in [-0.3, -0.25) is 9.78 Å². The van der Waals surface area contributed by atoms with Crippen LogP contribution in [0.1, 0.15) is 24.5 Å². The molecule has 0 fully saturated rings. The van der Waals surface area contributed by atoms with Gasteiger partial charge < -0.3 is 14.8 Å². The molecule has 0 saturated heterocycles. The lowest BCUT2D eigenvalue weighted by molar-refractivity contribution is 0.263. The van der Waals surface area contributed by atoms with Crippen LogP contribution in [-0.4, -0.2) is 26.7 Å². The first-order chi connectivity index (χ1) is 12.0. The van der Waals surface area contributed by atoms with Crippen LogP contribution in [0.3, 0.4) is 0 Å². The van der Waals surface area contributed by atoms with Gasteiger partial charge in [0.1, 0.15) is 5.75 Å². The van der Waals surface area contributed by atoms with Gasteiger partial charge in [-0.05, 0) is 43.2 Å². The van der Waals surface area contributed by atoms with Gasteiger partial charge in [-0.15, -0.1) is 0 Å². The van der Waals surface area contributed by atoms with Gasteiger partial charge in [0.2, 0.25) is 0 Å². The molecular formula is C18H19N3O4. The number of aromatic nitrogens is 3. The van der Waals surface area contributed by atoms with Crippen LogP contribution in [0.4, 0.5) is 0 Å². The number of benzene rings is 1. The first kappa shape index (κ1) is 16.9. The monoisotopic (exact) mass is 341 g/mol. The van der Waals surface area contributed by atoms with Gasteiger partial charge in [-0.1, -0.05) is 6.92 Å². The van der Waals surface area contributed by atoms with Crippen LogP contribution < -0.4 is 16.0 Å². The highest BCUT2D eigenvalue weighted by Gasteiger charge is 2.11. The van der Waals surface area contributed by atoms with E-state index in [4.69, 9.17) is 4.74 Å². The molecule has 0 saturated carbocycles. The van der Waals surface area contributed by atoms with E-state index in [0.717, 1.165) is 17.5 Å². The minimum absolute atomic E-state index is 0.159. The van der Waals surface area contributed by atoms with E-state index >= 15 is 0 Å². The minimum Gasteiger partial charge on any atom is -0.493 e. The lowest BCUT2D eigenvalue weighted by Crippen LogP contribution is -2.23. The topological polar surface area (TPSA) is 108 Å². The van der Waals surface area contributed by atoms with Crippen molar-refractivity contribution in [2.24, 2.45) is 0 Å². The maximum atomic E-state index is 12.0. The van der Waals surface area contributed by atoms with Crippen molar-refractivity contribution in [1.82, 2.24) is 15.0 Å². The van der Waals surface area contributed by atoms with E-state index in [1.54, 1.807) is 25.1 Å². The summed E-state index contributed by atoms with van der Waals surface area (Å²) < 4.78 is 5.62. The smallest absolute Gasteiger partial charge is 0.326 e. The lowest BCUT2D eigenvalue weighted by Gasteiger charge is -2.12. The Hall–Kier alpha value is -2.93. The number of hydrogen-bond acceptors (Lipinski definition) is 5. The van der Waals surface area contributed by atoms with E-state index in [1.165, 1.54) is 0 Å². The van der Waals surface area contributed by atoms with Crippen molar-refractivity contribution < 1.29 is 9.84 Å². The number of nitrogens with one attached hydrogen (secondary N) is 2. The molecule has 2 aromatic heterocycles. The molecule has 0 aliphatic carbocycles. The Kier molecular flexibility index (Phi) is 4.67. The average Bonchev–Trinajstić information content (AvgIpc) is 2.60. The largest absolute Gasteiger partial charge is 0.493 e. The second-order valence-electron chi connectivity index (χ2n) is 5.79. The number of nitrogens with zero attached hydrogens (tertiary/aromatic N) is 1. The van der Waals surface area contributed by atoms with Crippen LogP contribution in [-0.2, 0) is 6.61 Å². The number of pyridine rings is 1. The molecule has 0 spiro atoms. The van der Waals surface area contributed by atoms with Crippen molar-refractivity contribution in [3.63, 3.8) is 0 Å². The van der Waals surface area contributed by atoms with E-state index in [9.17, 15) is 14.7 Å². The maximum Gasteiger partial charge on any atom is 0.326 e. The molecule has 0 amide bonds. The number of hydrogen-bond donors (Lipinski definition) is 3. The van der Waals surface area contributed by atoms with Crippen molar-refractivity contribution >= 4 is 11.0 Å². The fraction of sp³-hybridized carbons (Fsp3) is 0.278. The van der Waals surface area contributed by atoms with E-state index in [2.05, 4.69) is 15.0 Å². The highest BCUT2D eigenvalue weighted by Crippen LogP contribution is 2.27. The molecule has 0 bridgehead atoms. The number of fused-ring (bicyclic) bond motifs is 1. The highest BCUT2D eigenvalue weighted by atomic mass is 16.5. The second kappa shape index (κ2) is 6.90. The second-order valence-corrected chi connectivity index (χ2v) is 5.79. The van der Waals surface area contributed by atoms with E-state index in [-0.39, 0.29) is 12.1 Å². The van der Waals surface area contributed by atoms with Crippen LogP contribution in [0, 0.1) is 6.92 Å². The third-order valence-electron chi connectivity index (χ3n) is 3.89. The number of H-pyrrole nitrogens is 2. The third kappa shape index (κ3) is 3.32. The summed E-state index contributed by atoms with van der Waals surface area (Å²) in [6, 6.07) is 7.20. The summed E-state index contributed by atoms with van der Waals surface area (Å²) in [5.74, 6) is 0.632. The zero-order valence-electron chi connectivity index (χ0n) is 14.0. The highest BCUT2D eigenvalue weighted by molar-refractivity contribution is 5.80. The standard InChI is InChI=1S/C18H19N3O4/c1-3-6-25-14-5-4-11(8-12(14)9-22)13-7-10(2)15-16(19-13)17(23)21-18(24)20-15/h4-5,7-8,22H,3,6,9H2,1-2H3,(H2,20,21,23,24). The zero-order chi connectivity index (χ0) is 18.0. The molecule has 0 atom stereocenters. The molecule has 130 valence electrons. The Morgan fingerprint density at radius 1 is 1.20 bits per heavy atom. The number of aryl methyl sites for hydroxylation is 1. The Morgan fingerprint density at radius 2 is 2.00 bits per heavy atom. The van der Waals surface area contributed by atoms with Gasteiger partial charge in [0.15, 0.2) is 5.52 Å². The Bertz CT molecular complexity index is 1040. The van der Waals surface area contributed by atoms with Crippen molar-refractivity contribution in [3.05, 3.63) is 56.2 Å². The maximum absolute atomic E-state index is 12.0. The van der Waals surface area contributed by atoms with Crippen molar-refractivity contribution in [2.45, 2.75) is 26.9 Å². The third-order valence-corrected chi connectivity index (χ3v) is 3.89. The zero-order valence-corrected chi connectivity index (χ0v) is 14.0. The first-order valence-corrected chi connectivity index (χ1v) is 8.04. The fourth-order valence-electron chi connectivity index (χ4n) is 2.66. The minimum atomic E-state index is -0.560. The summed E-state index contributed by atoms with van der Waals surface area (Å²) in [5.41, 5.74) is 2.22. The van der Waals surface area contributed by atoms with Crippen molar-refractivity contribution in [2.75, 3.05) is 6.61 Å². The molecule has 0 aliphatic heterocycles. The molecule has 3 N–H and O–H groups in total. The van der Waals surface area contributed by atoms with Gasteiger partial charge in [-0.25, -0.2) is 9.78 Å². The summed E-state index contributed by atoms with van der Waals surface area (Å²) in [5, 5.41) is 9.59. The molecule has 7 heteroatoms. The van der Waals surface area contributed by atoms with Gasteiger partial charge in [0.05, 0.1) is 24.4 Å². The predicted octanol–water partition coefficient (Wildman–Crippen LogP) is 1.87. The molecule has 1 aromatic carbocycles. The Balaban J connectivity index is 2.13. The van der Waals surface area contributed by atoms with E-state index in [0.29, 0.717) is 29.1 Å². The molecular weight excluding hydrogens is 322 g/mol. The van der Waals surface area contributed by atoms with Crippen molar-refractivity contribution in [1.29, 1.82) is 0 Å². The quantitative estimate of drug-likeness (QED) is 0.656. The average molecular weight is 341 g/mol. The molecule has 25 heavy (non-hydrogen) atoms. The summed E-state index contributed by atoms with van der Waals surface area (Å²) >= 11 is 0. The number of aliphatic hydroxyl groups is 1. The number of aromatic amines is 2.